The topological polar surface area (TPSA) is 71.1 Å². The highest BCUT2D eigenvalue weighted by atomic mass is 79.9. The minimum absolute atomic E-state index is 0.0406. The molecule has 0 fully saturated rings. The van der Waals surface area contributed by atoms with Crippen molar-refractivity contribution in [2.75, 3.05) is 13.1 Å². The molecule has 2 aromatic rings. The first-order valence-electron chi connectivity index (χ1n) is 8.26. The number of thiazole rings is 1. The fourth-order valence-corrected chi connectivity index (χ4v) is 3.31. The van der Waals surface area contributed by atoms with Gasteiger partial charge in [0.1, 0.15) is 0 Å². The molecular formula is C18H22BrN3O2S. The van der Waals surface area contributed by atoms with Crippen molar-refractivity contribution >= 4 is 39.1 Å². The Kier molecular flexibility index (Phi) is 8.08. The molecule has 0 aliphatic carbocycles. The third kappa shape index (κ3) is 7.36. The van der Waals surface area contributed by atoms with Crippen LogP contribution in [0, 0.1) is 6.92 Å². The zero-order valence-electron chi connectivity index (χ0n) is 14.2. The maximum atomic E-state index is 11.9. The number of carbonyl (C=O) groups is 2. The molecule has 7 heteroatoms. The molecule has 25 heavy (non-hydrogen) atoms. The van der Waals surface area contributed by atoms with E-state index < -0.39 is 0 Å². The van der Waals surface area contributed by atoms with Crippen LogP contribution in [0.1, 0.15) is 40.3 Å². The van der Waals surface area contributed by atoms with Crippen molar-refractivity contribution in [3.63, 3.8) is 0 Å². The van der Waals surface area contributed by atoms with E-state index in [2.05, 4.69) is 36.9 Å². The number of halogens is 1. The Hall–Kier alpha value is -1.73. The van der Waals surface area contributed by atoms with Crippen LogP contribution in [0.5, 0.6) is 0 Å². The van der Waals surface area contributed by atoms with E-state index in [1.165, 1.54) is 0 Å². The van der Waals surface area contributed by atoms with Crippen molar-refractivity contribution in [2.45, 2.75) is 32.6 Å². The molecule has 2 amide bonds. The minimum Gasteiger partial charge on any atom is -0.356 e. The average molecular weight is 424 g/mol. The summed E-state index contributed by atoms with van der Waals surface area (Å²) in [5.74, 6) is -0.208. The molecule has 0 atom stereocenters. The standard InChI is InChI=1S/C18H22BrN3O2S/c1-13-12-25-17(22-13)4-2-3-10-20-16(23)9-11-21-18(24)14-5-7-15(19)8-6-14/h5-8,12H,2-4,9-11H2,1H3,(H,20,23)(H,21,24). The van der Waals surface area contributed by atoms with Crippen molar-refractivity contribution in [3.05, 3.63) is 50.4 Å². The Balaban J connectivity index is 1.53. The Morgan fingerprint density at radius 2 is 1.88 bits per heavy atom. The molecular weight excluding hydrogens is 402 g/mol. The molecule has 0 unspecified atom stereocenters. The summed E-state index contributed by atoms with van der Waals surface area (Å²) in [5, 5.41) is 8.84. The van der Waals surface area contributed by atoms with Gasteiger partial charge >= 0.3 is 0 Å². The second kappa shape index (κ2) is 10.3. The number of aryl methyl sites for hydroxylation is 2. The number of rotatable bonds is 9. The van der Waals surface area contributed by atoms with Gasteiger partial charge < -0.3 is 10.6 Å². The highest BCUT2D eigenvalue weighted by molar-refractivity contribution is 9.10. The smallest absolute Gasteiger partial charge is 0.251 e. The van der Waals surface area contributed by atoms with E-state index in [-0.39, 0.29) is 18.2 Å². The first-order chi connectivity index (χ1) is 12.0. The molecule has 2 N–H and O–H groups in total. The summed E-state index contributed by atoms with van der Waals surface area (Å²) in [7, 11) is 0. The molecule has 1 aromatic heterocycles. The number of unbranched alkanes of at least 4 members (excludes halogenated alkanes) is 1. The molecule has 0 radical (unpaired) electrons. The number of carbonyl (C=O) groups excluding carboxylic acids is 2. The first kappa shape index (κ1) is 19.6. The number of benzene rings is 1. The lowest BCUT2D eigenvalue weighted by atomic mass is 10.2. The van der Waals surface area contributed by atoms with Gasteiger partial charge in [-0.25, -0.2) is 4.98 Å². The van der Waals surface area contributed by atoms with E-state index in [9.17, 15) is 9.59 Å². The monoisotopic (exact) mass is 423 g/mol. The largest absolute Gasteiger partial charge is 0.356 e. The van der Waals surface area contributed by atoms with Crippen molar-refractivity contribution in [1.29, 1.82) is 0 Å². The molecule has 0 saturated carbocycles. The zero-order chi connectivity index (χ0) is 18.1. The lowest BCUT2D eigenvalue weighted by molar-refractivity contribution is -0.120. The lowest BCUT2D eigenvalue weighted by Crippen LogP contribution is -2.31. The van der Waals surface area contributed by atoms with Crippen LogP contribution in [0.25, 0.3) is 0 Å². The Labute approximate surface area is 160 Å². The van der Waals surface area contributed by atoms with E-state index in [0.29, 0.717) is 18.7 Å². The van der Waals surface area contributed by atoms with E-state index in [1.807, 2.05) is 19.1 Å². The van der Waals surface area contributed by atoms with Crippen LogP contribution in [0.2, 0.25) is 0 Å². The highest BCUT2D eigenvalue weighted by Gasteiger charge is 2.06. The number of hydrogen-bond donors (Lipinski definition) is 2. The van der Waals surface area contributed by atoms with Gasteiger partial charge in [-0.1, -0.05) is 15.9 Å². The van der Waals surface area contributed by atoms with Crippen molar-refractivity contribution < 1.29 is 9.59 Å². The third-order valence-corrected chi connectivity index (χ3v) is 5.11. The Morgan fingerprint density at radius 1 is 1.12 bits per heavy atom. The molecule has 2 rings (SSSR count). The fraction of sp³-hybridized carbons (Fsp3) is 0.389. The molecule has 0 aliphatic rings. The SMILES string of the molecule is Cc1csc(CCCCNC(=O)CCNC(=O)c2ccc(Br)cc2)n1. The van der Waals surface area contributed by atoms with E-state index in [4.69, 9.17) is 0 Å². The van der Waals surface area contributed by atoms with Gasteiger partial charge in [0.2, 0.25) is 5.91 Å². The van der Waals surface area contributed by atoms with Gasteiger partial charge in [-0.3, -0.25) is 9.59 Å². The number of nitrogens with one attached hydrogen (secondary N) is 2. The predicted octanol–water partition coefficient (Wildman–Crippen LogP) is 3.47. The van der Waals surface area contributed by atoms with E-state index in [1.54, 1.807) is 23.5 Å². The maximum absolute atomic E-state index is 11.9. The fourth-order valence-electron chi connectivity index (χ4n) is 2.23. The van der Waals surface area contributed by atoms with Crippen LogP contribution in [0.4, 0.5) is 0 Å². The number of amides is 2. The molecule has 0 spiro atoms. The lowest BCUT2D eigenvalue weighted by Gasteiger charge is -2.07. The van der Waals surface area contributed by atoms with Crippen molar-refractivity contribution in [2.24, 2.45) is 0 Å². The second-order valence-electron chi connectivity index (χ2n) is 5.70. The van der Waals surface area contributed by atoms with Crippen LogP contribution in [0.15, 0.2) is 34.1 Å². The van der Waals surface area contributed by atoms with Crippen molar-refractivity contribution in [1.82, 2.24) is 15.6 Å². The quantitative estimate of drug-likeness (QED) is 0.606. The average Bonchev–Trinajstić information content (AvgIpc) is 3.00. The highest BCUT2D eigenvalue weighted by Crippen LogP contribution is 2.11. The summed E-state index contributed by atoms with van der Waals surface area (Å²) >= 11 is 5.01. The van der Waals surface area contributed by atoms with Crippen LogP contribution in [-0.2, 0) is 11.2 Å². The van der Waals surface area contributed by atoms with Crippen LogP contribution < -0.4 is 10.6 Å². The second-order valence-corrected chi connectivity index (χ2v) is 7.56. The Morgan fingerprint density at radius 3 is 2.56 bits per heavy atom. The number of nitrogens with zero attached hydrogens (tertiary/aromatic N) is 1. The van der Waals surface area contributed by atoms with E-state index in [0.717, 1.165) is 34.4 Å². The van der Waals surface area contributed by atoms with Crippen molar-refractivity contribution in [3.8, 4) is 0 Å². The van der Waals surface area contributed by atoms with Crippen LogP contribution in [0.3, 0.4) is 0 Å². The van der Waals surface area contributed by atoms with Crippen LogP contribution >= 0.6 is 27.3 Å². The van der Waals surface area contributed by atoms with Crippen LogP contribution in [-0.4, -0.2) is 29.9 Å². The molecule has 5 nitrogen and oxygen atoms in total. The minimum atomic E-state index is -0.168. The summed E-state index contributed by atoms with van der Waals surface area (Å²) in [6.07, 6.45) is 3.18. The summed E-state index contributed by atoms with van der Waals surface area (Å²) in [4.78, 5) is 28.1. The summed E-state index contributed by atoms with van der Waals surface area (Å²) in [6.45, 7) is 2.98. The van der Waals surface area contributed by atoms with Gasteiger partial charge in [0, 0.05) is 40.6 Å². The maximum Gasteiger partial charge on any atom is 0.251 e. The summed E-state index contributed by atoms with van der Waals surface area (Å²) in [5.41, 5.74) is 1.65. The molecule has 0 saturated heterocycles. The normalized spacial score (nSPS) is 10.5. The zero-order valence-corrected chi connectivity index (χ0v) is 16.6. The van der Waals surface area contributed by atoms with Gasteiger partial charge in [-0.05, 0) is 50.5 Å². The summed E-state index contributed by atoms with van der Waals surface area (Å²) in [6, 6.07) is 7.11. The molecule has 1 aromatic carbocycles. The van der Waals surface area contributed by atoms with Gasteiger partial charge in [-0.15, -0.1) is 11.3 Å². The predicted molar refractivity (Wildman–Crippen MR) is 104 cm³/mol. The molecule has 0 aliphatic heterocycles. The molecule has 1 heterocycles. The number of hydrogen-bond acceptors (Lipinski definition) is 4. The van der Waals surface area contributed by atoms with E-state index >= 15 is 0 Å². The van der Waals surface area contributed by atoms with Gasteiger partial charge in [0.25, 0.3) is 5.91 Å². The van der Waals surface area contributed by atoms with Gasteiger partial charge in [0.15, 0.2) is 0 Å². The first-order valence-corrected chi connectivity index (χ1v) is 9.93. The number of aromatic nitrogens is 1. The van der Waals surface area contributed by atoms with Gasteiger partial charge in [-0.2, -0.15) is 0 Å². The molecule has 134 valence electrons. The summed E-state index contributed by atoms with van der Waals surface area (Å²) < 4.78 is 0.924. The Bertz CT molecular complexity index is 701. The third-order valence-electron chi connectivity index (χ3n) is 3.55. The van der Waals surface area contributed by atoms with Gasteiger partial charge in [0.05, 0.1) is 5.01 Å². The molecule has 0 bridgehead atoms.